The molecule has 14 heavy (non-hydrogen) atoms. The van der Waals surface area contributed by atoms with Crippen molar-refractivity contribution < 1.29 is 13.2 Å². The van der Waals surface area contributed by atoms with Gasteiger partial charge in [0.25, 0.3) is 0 Å². The third-order valence-corrected chi connectivity index (χ3v) is 3.95. The number of piperidine rings is 1. The lowest BCUT2D eigenvalue weighted by Crippen LogP contribution is -2.30. The highest BCUT2D eigenvalue weighted by molar-refractivity contribution is 8.05. The van der Waals surface area contributed by atoms with Crippen LogP contribution in [0, 0.1) is 5.92 Å². The Morgan fingerprint density at radius 2 is 1.93 bits per heavy atom. The number of hydrogen-bond acceptors (Lipinski definition) is 4. The van der Waals surface area contributed by atoms with Crippen LogP contribution in [0.2, 0.25) is 0 Å². The van der Waals surface area contributed by atoms with E-state index < -0.39 is 15.1 Å². The second-order valence-corrected chi connectivity index (χ2v) is 5.66. The van der Waals surface area contributed by atoms with Crippen molar-refractivity contribution in [1.82, 2.24) is 5.32 Å². The Balaban J connectivity index is 2.36. The molecular formula is C8H16N2O3S. The lowest BCUT2D eigenvalue weighted by molar-refractivity contribution is 0.265. The second kappa shape index (κ2) is 4.75. The van der Waals surface area contributed by atoms with Crippen LogP contribution in [-0.2, 0) is 9.84 Å². The maximum atomic E-state index is 11.1. The van der Waals surface area contributed by atoms with Crippen LogP contribution >= 0.6 is 0 Å². The van der Waals surface area contributed by atoms with E-state index in [1.54, 1.807) is 0 Å². The monoisotopic (exact) mass is 220 g/mol. The normalized spacial score (nSPS) is 19.4. The number of nitrogens with one attached hydrogen (secondary N) is 1. The van der Waals surface area contributed by atoms with Crippen molar-refractivity contribution in [3.63, 3.8) is 0 Å². The molecule has 0 aromatic heterocycles. The van der Waals surface area contributed by atoms with Crippen LogP contribution in [0.25, 0.3) is 0 Å². The van der Waals surface area contributed by atoms with E-state index in [1.165, 1.54) is 0 Å². The highest BCUT2D eigenvalue weighted by atomic mass is 32.2. The van der Waals surface area contributed by atoms with Crippen molar-refractivity contribution in [2.45, 2.75) is 19.3 Å². The molecule has 0 radical (unpaired) electrons. The van der Waals surface area contributed by atoms with Crippen LogP contribution in [0.5, 0.6) is 0 Å². The number of carbonyl (C=O) groups is 1. The molecule has 1 heterocycles. The quantitative estimate of drug-likeness (QED) is 0.693. The maximum Gasteiger partial charge on any atom is 0.333 e. The van der Waals surface area contributed by atoms with Gasteiger partial charge in [0.15, 0.2) is 0 Å². The molecule has 0 aromatic carbocycles. The molecule has 0 atom stereocenters. The molecule has 1 amide bonds. The molecule has 82 valence electrons. The van der Waals surface area contributed by atoms with Gasteiger partial charge in [-0.15, -0.1) is 0 Å². The molecule has 0 aromatic rings. The number of primary amides is 1. The van der Waals surface area contributed by atoms with Gasteiger partial charge < -0.3 is 11.1 Å². The smallest absolute Gasteiger partial charge is 0.333 e. The van der Waals surface area contributed by atoms with Crippen molar-refractivity contribution in [2.24, 2.45) is 11.7 Å². The minimum absolute atomic E-state index is 0.104. The summed E-state index contributed by atoms with van der Waals surface area (Å²) in [5.41, 5.74) is 4.75. The second-order valence-electron chi connectivity index (χ2n) is 3.62. The Labute approximate surface area is 84.0 Å². The van der Waals surface area contributed by atoms with Gasteiger partial charge in [0, 0.05) is 0 Å². The Hall–Kier alpha value is -0.620. The van der Waals surface area contributed by atoms with E-state index in [4.69, 9.17) is 5.73 Å². The molecule has 1 rings (SSSR count). The van der Waals surface area contributed by atoms with Crippen LogP contribution in [0.15, 0.2) is 0 Å². The van der Waals surface area contributed by atoms with Gasteiger partial charge in [-0.1, -0.05) is 0 Å². The minimum Gasteiger partial charge on any atom is -0.356 e. The highest BCUT2D eigenvalue weighted by Crippen LogP contribution is 2.16. The number of carbonyl (C=O) groups excluding carboxylic acids is 1. The maximum absolute atomic E-state index is 11.1. The fourth-order valence-electron chi connectivity index (χ4n) is 1.59. The van der Waals surface area contributed by atoms with Crippen molar-refractivity contribution in [2.75, 3.05) is 18.8 Å². The zero-order chi connectivity index (χ0) is 10.6. The molecule has 1 aliphatic rings. The molecular weight excluding hydrogens is 204 g/mol. The first-order valence-corrected chi connectivity index (χ1v) is 6.40. The molecule has 0 unspecified atom stereocenters. The standard InChI is InChI=1S/C8H16N2O3S/c9-8(11)14(12,13)6-3-7-1-4-10-5-2-7/h7,10H,1-6H2,(H2,9,11). The summed E-state index contributed by atoms with van der Waals surface area (Å²) in [7, 11) is -3.68. The molecule has 1 fully saturated rings. The zero-order valence-electron chi connectivity index (χ0n) is 8.03. The zero-order valence-corrected chi connectivity index (χ0v) is 8.85. The Morgan fingerprint density at radius 3 is 2.43 bits per heavy atom. The summed E-state index contributed by atoms with van der Waals surface area (Å²) in [5.74, 6) is 0.304. The first-order chi connectivity index (χ1) is 6.52. The summed E-state index contributed by atoms with van der Waals surface area (Å²) < 4.78 is 22.2. The summed E-state index contributed by atoms with van der Waals surface area (Å²) in [5, 5.41) is 1.99. The van der Waals surface area contributed by atoms with Crippen molar-refractivity contribution in [1.29, 1.82) is 0 Å². The lowest BCUT2D eigenvalue weighted by Gasteiger charge is -2.21. The van der Waals surface area contributed by atoms with E-state index in [0.29, 0.717) is 12.3 Å². The number of nitrogens with two attached hydrogens (primary N) is 1. The summed E-state index contributed by atoms with van der Waals surface area (Å²) in [4.78, 5) is 10.5. The molecule has 6 heteroatoms. The van der Waals surface area contributed by atoms with E-state index in [2.05, 4.69) is 5.32 Å². The van der Waals surface area contributed by atoms with Crippen molar-refractivity contribution in [3.8, 4) is 0 Å². The minimum atomic E-state index is -3.68. The van der Waals surface area contributed by atoms with Crippen LogP contribution < -0.4 is 11.1 Å². The largest absolute Gasteiger partial charge is 0.356 e. The molecule has 0 saturated carbocycles. The van der Waals surface area contributed by atoms with E-state index >= 15 is 0 Å². The highest BCUT2D eigenvalue weighted by Gasteiger charge is 2.21. The van der Waals surface area contributed by atoms with Crippen LogP contribution in [0.4, 0.5) is 4.79 Å². The molecule has 1 aliphatic heterocycles. The first-order valence-electron chi connectivity index (χ1n) is 4.75. The van der Waals surface area contributed by atoms with Crippen molar-refractivity contribution in [3.05, 3.63) is 0 Å². The van der Waals surface area contributed by atoms with E-state index in [-0.39, 0.29) is 5.75 Å². The number of amides is 1. The molecule has 3 N–H and O–H groups in total. The van der Waals surface area contributed by atoms with Gasteiger partial charge in [-0.3, -0.25) is 4.79 Å². The van der Waals surface area contributed by atoms with Gasteiger partial charge in [0.05, 0.1) is 5.75 Å². The van der Waals surface area contributed by atoms with Gasteiger partial charge in [-0.2, -0.15) is 0 Å². The Morgan fingerprint density at radius 1 is 1.36 bits per heavy atom. The van der Waals surface area contributed by atoms with Crippen LogP contribution in [-0.4, -0.2) is 32.5 Å². The number of rotatable bonds is 3. The summed E-state index contributed by atoms with van der Waals surface area (Å²) in [6.07, 6.45) is 2.51. The van der Waals surface area contributed by atoms with Gasteiger partial charge in [-0.25, -0.2) is 8.42 Å². The van der Waals surface area contributed by atoms with E-state index in [9.17, 15) is 13.2 Å². The third kappa shape index (κ3) is 3.26. The van der Waals surface area contributed by atoms with Gasteiger partial charge >= 0.3 is 5.24 Å². The molecule has 5 nitrogen and oxygen atoms in total. The molecule has 0 spiro atoms. The molecule has 0 aliphatic carbocycles. The number of hydrogen-bond donors (Lipinski definition) is 2. The predicted molar refractivity (Wildman–Crippen MR) is 53.6 cm³/mol. The number of sulfone groups is 1. The van der Waals surface area contributed by atoms with E-state index in [1.807, 2.05) is 0 Å². The summed E-state index contributed by atoms with van der Waals surface area (Å²) in [6, 6.07) is 0. The Bertz CT molecular complexity index is 294. The van der Waals surface area contributed by atoms with Crippen molar-refractivity contribution >= 4 is 15.1 Å². The third-order valence-electron chi connectivity index (χ3n) is 2.56. The first kappa shape index (κ1) is 11.5. The molecule has 1 saturated heterocycles. The predicted octanol–water partition coefficient (Wildman–Crippen LogP) is -0.130. The van der Waals surface area contributed by atoms with E-state index in [0.717, 1.165) is 25.9 Å². The van der Waals surface area contributed by atoms with Gasteiger partial charge in [0.2, 0.25) is 9.84 Å². The van der Waals surface area contributed by atoms with Gasteiger partial charge in [-0.05, 0) is 38.3 Å². The SMILES string of the molecule is NC(=O)S(=O)(=O)CCC1CCNCC1. The van der Waals surface area contributed by atoms with Crippen LogP contribution in [0.1, 0.15) is 19.3 Å². The lowest BCUT2D eigenvalue weighted by atomic mass is 9.96. The van der Waals surface area contributed by atoms with Gasteiger partial charge in [0.1, 0.15) is 0 Å². The average molecular weight is 220 g/mol. The molecule has 0 bridgehead atoms. The fraction of sp³-hybridized carbons (Fsp3) is 0.875. The summed E-state index contributed by atoms with van der Waals surface area (Å²) in [6.45, 7) is 1.86. The average Bonchev–Trinajstić information content (AvgIpc) is 2.16. The summed E-state index contributed by atoms with van der Waals surface area (Å²) >= 11 is 0. The topological polar surface area (TPSA) is 89.3 Å². The van der Waals surface area contributed by atoms with Crippen LogP contribution in [0.3, 0.4) is 0 Å². The Kier molecular flexibility index (Phi) is 3.88. The fourth-order valence-corrected chi connectivity index (χ4v) is 2.44.